The number of nitrogens with one attached hydrogen (secondary N) is 2. The van der Waals surface area contributed by atoms with Crippen molar-refractivity contribution in [3.05, 3.63) is 35.4 Å². The van der Waals surface area contributed by atoms with Gasteiger partial charge in [-0.05, 0) is 42.7 Å². The van der Waals surface area contributed by atoms with Crippen molar-refractivity contribution in [2.24, 2.45) is 16.3 Å². The molecule has 1 amide bonds. The van der Waals surface area contributed by atoms with Crippen LogP contribution >= 0.6 is 0 Å². The second-order valence-corrected chi connectivity index (χ2v) is 9.83. The Morgan fingerprint density at radius 3 is 2.55 bits per heavy atom. The minimum absolute atomic E-state index is 0.127. The number of hydrogen-bond acceptors (Lipinski definition) is 3. The second kappa shape index (κ2) is 11.0. The maximum absolute atomic E-state index is 12.6. The summed E-state index contributed by atoms with van der Waals surface area (Å²) in [4.78, 5) is 19.4. The molecule has 2 aliphatic rings. The van der Waals surface area contributed by atoms with E-state index >= 15 is 0 Å². The monoisotopic (exact) mass is 428 g/mol. The number of nitrogens with zero attached hydrogens (tertiary/aromatic N) is 2. The molecule has 2 heterocycles. The van der Waals surface area contributed by atoms with Crippen LogP contribution in [0.25, 0.3) is 0 Å². The highest BCUT2D eigenvalue weighted by Gasteiger charge is 2.35. The van der Waals surface area contributed by atoms with Crippen LogP contribution < -0.4 is 10.6 Å². The van der Waals surface area contributed by atoms with Gasteiger partial charge in [-0.25, -0.2) is 0 Å². The summed E-state index contributed by atoms with van der Waals surface area (Å²) in [6.45, 7) is 13.5. The normalized spacial score (nSPS) is 21.7. The summed E-state index contributed by atoms with van der Waals surface area (Å²) >= 11 is 0. The predicted octanol–water partition coefficient (Wildman–Crippen LogP) is 3.71. The summed E-state index contributed by atoms with van der Waals surface area (Å²) in [5.41, 5.74) is 2.67. The van der Waals surface area contributed by atoms with Crippen molar-refractivity contribution in [1.82, 2.24) is 15.5 Å². The predicted molar refractivity (Wildman–Crippen MR) is 126 cm³/mol. The van der Waals surface area contributed by atoms with E-state index in [1.807, 2.05) is 17.0 Å². The van der Waals surface area contributed by atoms with Crippen molar-refractivity contribution >= 4 is 11.9 Å². The number of carbonyl (C=O) groups is 1. The first-order valence-electron chi connectivity index (χ1n) is 11.9. The van der Waals surface area contributed by atoms with Crippen molar-refractivity contribution in [1.29, 1.82) is 0 Å². The minimum atomic E-state index is 0.127. The molecule has 6 nitrogen and oxygen atoms in total. The Kier molecular flexibility index (Phi) is 8.35. The molecule has 1 saturated heterocycles. The maximum Gasteiger partial charge on any atom is 0.223 e. The van der Waals surface area contributed by atoms with Crippen LogP contribution in [0.4, 0.5) is 0 Å². The molecule has 0 aliphatic carbocycles. The number of ether oxygens (including phenoxy) is 1. The maximum atomic E-state index is 12.6. The van der Waals surface area contributed by atoms with Gasteiger partial charge >= 0.3 is 0 Å². The molecule has 0 bridgehead atoms. The molecule has 6 heteroatoms. The van der Waals surface area contributed by atoms with Gasteiger partial charge in [-0.2, -0.15) is 0 Å². The molecule has 2 unspecified atom stereocenters. The van der Waals surface area contributed by atoms with Gasteiger partial charge in [-0.15, -0.1) is 0 Å². The van der Waals surface area contributed by atoms with Gasteiger partial charge < -0.3 is 20.3 Å². The lowest BCUT2D eigenvalue weighted by atomic mass is 9.78. The van der Waals surface area contributed by atoms with E-state index in [9.17, 15) is 4.79 Å². The third kappa shape index (κ3) is 6.70. The van der Waals surface area contributed by atoms with E-state index in [0.717, 1.165) is 64.6 Å². The van der Waals surface area contributed by atoms with Crippen molar-refractivity contribution in [3.63, 3.8) is 0 Å². The van der Waals surface area contributed by atoms with E-state index in [4.69, 9.17) is 9.73 Å². The fraction of sp³-hybridized carbons (Fsp3) is 0.680. The van der Waals surface area contributed by atoms with Crippen molar-refractivity contribution in [2.75, 3.05) is 26.2 Å². The highest BCUT2D eigenvalue weighted by molar-refractivity contribution is 5.80. The molecule has 172 valence electrons. The summed E-state index contributed by atoms with van der Waals surface area (Å²) in [7, 11) is 0. The molecular formula is C25H40N4O2. The first kappa shape index (κ1) is 23.6. The van der Waals surface area contributed by atoms with Gasteiger partial charge in [-0.1, -0.05) is 45.0 Å². The SMILES string of the molecule is CCNC(=NCC1CCCOC1C(C)(C)C)NCCCC(=O)N1Cc2ccccc2C1. The van der Waals surface area contributed by atoms with Gasteiger partial charge in [0.05, 0.1) is 6.10 Å². The van der Waals surface area contributed by atoms with Gasteiger partial charge in [0.2, 0.25) is 5.91 Å². The zero-order chi connectivity index (χ0) is 22.3. The number of hydrogen-bond donors (Lipinski definition) is 2. The van der Waals surface area contributed by atoms with E-state index in [1.54, 1.807) is 0 Å². The lowest BCUT2D eigenvalue weighted by molar-refractivity contribution is -0.131. The van der Waals surface area contributed by atoms with E-state index in [2.05, 4.69) is 50.5 Å². The lowest BCUT2D eigenvalue weighted by Gasteiger charge is -2.39. The standard InChI is InChI=1S/C25H40N4O2/c1-5-26-24(28-16-19-12-9-15-31-23(19)25(2,3)4)27-14-8-13-22(30)29-17-20-10-6-7-11-21(20)18-29/h6-7,10-11,19,23H,5,8-9,12-18H2,1-4H3,(H2,26,27,28). The third-order valence-electron chi connectivity index (χ3n) is 6.18. The first-order chi connectivity index (χ1) is 14.9. The van der Waals surface area contributed by atoms with Crippen LogP contribution in [-0.2, 0) is 22.6 Å². The minimum Gasteiger partial charge on any atom is -0.377 e. The van der Waals surface area contributed by atoms with Gasteiger partial charge in [0, 0.05) is 51.7 Å². The Hall–Kier alpha value is -2.08. The molecule has 1 aromatic rings. The number of amides is 1. The zero-order valence-corrected chi connectivity index (χ0v) is 19.7. The first-order valence-corrected chi connectivity index (χ1v) is 11.9. The Morgan fingerprint density at radius 2 is 1.90 bits per heavy atom. The largest absolute Gasteiger partial charge is 0.377 e. The average molecular weight is 429 g/mol. The van der Waals surface area contributed by atoms with Gasteiger partial charge in [0.25, 0.3) is 0 Å². The highest BCUT2D eigenvalue weighted by atomic mass is 16.5. The number of benzene rings is 1. The molecule has 2 atom stereocenters. The Bertz CT molecular complexity index is 731. The van der Waals surface area contributed by atoms with Crippen molar-refractivity contribution in [3.8, 4) is 0 Å². The lowest BCUT2D eigenvalue weighted by Crippen LogP contribution is -2.43. The summed E-state index contributed by atoms with van der Waals surface area (Å²) in [5.74, 6) is 1.51. The Labute approximate surface area is 187 Å². The molecule has 31 heavy (non-hydrogen) atoms. The quantitative estimate of drug-likeness (QED) is 0.395. The number of aliphatic imine (C=N–C) groups is 1. The van der Waals surface area contributed by atoms with Crippen LogP contribution in [0.1, 0.15) is 64.5 Å². The van der Waals surface area contributed by atoms with Crippen LogP contribution in [0.15, 0.2) is 29.3 Å². The molecule has 1 aromatic carbocycles. The molecular weight excluding hydrogens is 388 g/mol. The summed E-state index contributed by atoms with van der Waals surface area (Å²) in [6, 6.07) is 8.32. The molecule has 2 aliphatic heterocycles. The van der Waals surface area contributed by atoms with Crippen LogP contribution in [-0.4, -0.2) is 49.1 Å². The number of guanidine groups is 1. The Morgan fingerprint density at radius 1 is 1.19 bits per heavy atom. The highest BCUT2D eigenvalue weighted by Crippen LogP contribution is 2.34. The van der Waals surface area contributed by atoms with Gasteiger partial charge in [-0.3, -0.25) is 9.79 Å². The van der Waals surface area contributed by atoms with Crippen LogP contribution in [0.5, 0.6) is 0 Å². The summed E-state index contributed by atoms with van der Waals surface area (Å²) < 4.78 is 6.09. The molecule has 2 N–H and O–H groups in total. The van der Waals surface area contributed by atoms with Crippen LogP contribution in [0.3, 0.4) is 0 Å². The molecule has 3 rings (SSSR count). The summed E-state index contributed by atoms with van der Waals surface area (Å²) in [5, 5.41) is 6.74. The van der Waals surface area contributed by atoms with E-state index in [-0.39, 0.29) is 17.4 Å². The zero-order valence-electron chi connectivity index (χ0n) is 19.7. The molecule has 0 spiro atoms. The van der Waals surface area contributed by atoms with Gasteiger partial charge in [0.1, 0.15) is 0 Å². The smallest absolute Gasteiger partial charge is 0.223 e. The topological polar surface area (TPSA) is 66.0 Å². The van der Waals surface area contributed by atoms with Crippen molar-refractivity contribution < 1.29 is 9.53 Å². The van der Waals surface area contributed by atoms with E-state index < -0.39 is 0 Å². The van der Waals surface area contributed by atoms with Crippen LogP contribution in [0, 0.1) is 11.3 Å². The van der Waals surface area contributed by atoms with Gasteiger partial charge in [0.15, 0.2) is 5.96 Å². The third-order valence-corrected chi connectivity index (χ3v) is 6.18. The average Bonchev–Trinajstić information content (AvgIpc) is 3.19. The summed E-state index contributed by atoms with van der Waals surface area (Å²) in [6.07, 6.45) is 3.88. The molecule has 0 aromatic heterocycles. The number of fused-ring (bicyclic) bond motifs is 1. The molecule has 0 radical (unpaired) electrons. The molecule has 0 saturated carbocycles. The number of rotatable bonds is 7. The fourth-order valence-electron chi connectivity index (χ4n) is 4.65. The van der Waals surface area contributed by atoms with Crippen molar-refractivity contribution in [2.45, 2.75) is 72.6 Å². The van der Waals surface area contributed by atoms with E-state index in [0.29, 0.717) is 12.3 Å². The Balaban J connectivity index is 1.43. The van der Waals surface area contributed by atoms with E-state index in [1.165, 1.54) is 11.1 Å². The van der Waals surface area contributed by atoms with Crippen LogP contribution in [0.2, 0.25) is 0 Å². The second-order valence-electron chi connectivity index (χ2n) is 9.83. The fourth-order valence-corrected chi connectivity index (χ4v) is 4.65. The number of carbonyl (C=O) groups excluding carboxylic acids is 1. The molecule has 1 fully saturated rings.